The summed E-state index contributed by atoms with van der Waals surface area (Å²) in [6.07, 6.45) is 9.61. The van der Waals surface area contributed by atoms with Gasteiger partial charge in [-0.25, -0.2) is 0 Å². The van der Waals surface area contributed by atoms with Gasteiger partial charge in [0.05, 0.1) is 0 Å². The Bertz CT molecular complexity index is 851. The van der Waals surface area contributed by atoms with E-state index in [0.717, 1.165) is 16.7 Å². The molecule has 3 aliphatic rings. The van der Waals surface area contributed by atoms with E-state index in [1.54, 1.807) is 0 Å². The van der Waals surface area contributed by atoms with Gasteiger partial charge in [0.2, 0.25) is 0 Å². The van der Waals surface area contributed by atoms with Crippen LogP contribution in [0.2, 0.25) is 0 Å². The Morgan fingerprint density at radius 1 is 1.08 bits per heavy atom. The molecular weight excluding hydrogens is 530 g/mol. The molecule has 1 aliphatic heterocycles. The van der Waals surface area contributed by atoms with Crippen molar-refractivity contribution in [3.05, 3.63) is 93.2 Å². The molecule has 1 nitrogen and oxygen atoms in total. The maximum atomic E-state index is 5.60. The number of hydrogen-bond donors (Lipinski definition) is 0. The van der Waals surface area contributed by atoms with Crippen molar-refractivity contribution in [3.63, 3.8) is 0 Å². The van der Waals surface area contributed by atoms with Crippen LogP contribution >= 0.6 is 33.0 Å². The number of benzene rings is 2. The molecule has 134 valence electrons. The third kappa shape index (κ3) is 5.39. The zero-order valence-corrected chi connectivity index (χ0v) is 20.0. The Balaban J connectivity index is 0.000000165. The molecule has 1 unspecified atom stereocenters. The maximum absolute atomic E-state index is 5.60. The quantitative estimate of drug-likeness (QED) is 0.217. The van der Waals surface area contributed by atoms with Crippen LogP contribution < -0.4 is 0 Å². The first-order valence-electron chi connectivity index (χ1n) is 7.61. The van der Waals surface area contributed by atoms with Crippen molar-refractivity contribution in [2.75, 3.05) is 0 Å². The van der Waals surface area contributed by atoms with Crippen molar-refractivity contribution in [3.8, 4) is 0 Å². The molecule has 0 radical (unpaired) electrons. The van der Waals surface area contributed by atoms with E-state index in [0.29, 0.717) is 0 Å². The zero-order chi connectivity index (χ0) is 17.6. The van der Waals surface area contributed by atoms with Crippen molar-refractivity contribution >= 4 is 58.6 Å². The van der Waals surface area contributed by atoms with Crippen molar-refractivity contribution in [2.24, 2.45) is 0 Å². The zero-order valence-electron chi connectivity index (χ0n) is 13.5. The van der Waals surface area contributed by atoms with Gasteiger partial charge in [0.25, 0.3) is 0 Å². The van der Waals surface area contributed by atoms with E-state index in [2.05, 4.69) is 58.4 Å². The standard InChI is InChI=1S/C11H6BrO.C9H7.2ClH.H2S.Zr/c12-10-6-8-5-7-3-1-2-4-9(7)11(8)13-10;1-2-5-9-7-3-6-8(9)4-1;;;;/h1-2,4-6,11H;1-4,7H,6H2;2*1H;1H2;/q2*-1;;;;+2/p-3. The SMILES string of the molecule is BrC1=CC2=Cc3[c-]cccc3C2O1.[Cl][Zr][Cl].[SH-].[c-]1cccc2c1C=CC2. The van der Waals surface area contributed by atoms with Crippen LogP contribution in [0.3, 0.4) is 0 Å². The molecule has 2 aliphatic carbocycles. The van der Waals surface area contributed by atoms with E-state index in [1.165, 1.54) is 22.3 Å². The van der Waals surface area contributed by atoms with E-state index in [9.17, 15) is 0 Å². The van der Waals surface area contributed by atoms with Gasteiger partial charge in [0.1, 0.15) is 6.10 Å². The summed E-state index contributed by atoms with van der Waals surface area (Å²) in [6.45, 7) is 0. The summed E-state index contributed by atoms with van der Waals surface area (Å²) in [6, 6.07) is 18.5. The van der Waals surface area contributed by atoms with Gasteiger partial charge in [-0.1, -0.05) is 12.0 Å². The first kappa shape index (κ1) is 22.0. The molecule has 6 heteroatoms. The van der Waals surface area contributed by atoms with Crippen molar-refractivity contribution in [1.82, 2.24) is 0 Å². The average Bonchev–Trinajstić information content (AvgIpc) is 3.29. The summed E-state index contributed by atoms with van der Waals surface area (Å²) < 4.78 is 6.42. The van der Waals surface area contributed by atoms with Gasteiger partial charge in [0, 0.05) is 0 Å². The first-order valence-corrected chi connectivity index (χ1v) is 14.7. The number of allylic oxidation sites excluding steroid dienone is 1. The molecule has 0 saturated heterocycles. The molecule has 0 amide bonds. The minimum absolute atomic E-state index is 0. The molecular formula is C20H14BrCl2OSZr-3. The van der Waals surface area contributed by atoms with Crippen LogP contribution in [0.1, 0.15) is 28.4 Å². The van der Waals surface area contributed by atoms with E-state index in [-0.39, 0.29) is 19.6 Å². The Labute approximate surface area is 188 Å². The number of ether oxygens (including phenoxy) is 1. The number of rotatable bonds is 0. The van der Waals surface area contributed by atoms with E-state index in [1.807, 2.05) is 30.3 Å². The van der Waals surface area contributed by atoms with Crippen LogP contribution in [0.15, 0.2) is 58.8 Å². The summed E-state index contributed by atoms with van der Waals surface area (Å²) in [7, 11) is 9.87. The predicted molar refractivity (Wildman–Crippen MR) is 113 cm³/mol. The Hall–Kier alpha value is -0.247. The molecule has 1 heterocycles. The van der Waals surface area contributed by atoms with Gasteiger partial charge in [-0.2, -0.15) is 0 Å². The predicted octanol–water partition coefficient (Wildman–Crippen LogP) is 6.35. The average molecular weight is 544 g/mol. The molecule has 0 aromatic heterocycles. The molecule has 0 fully saturated rings. The Morgan fingerprint density at radius 3 is 2.50 bits per heavy atom. The fourth-order valence-corrected chi connectivity index (χ4v) is 3.34. The van der Waals surface area contributed by atoms with Crippen LogP contribution in [-0.4, -0.2) is 0 Å². The first-order chi connectivity index (χ1) is 12.2. The normalized spacial score (nSPS) is 16.8. The molecule has 26 heavy (non-hydrogen) atoms. The number of hydrogen-bond acceptors (Lipinski definition) is 2. The Kier molecular flexibility index (Phi) is 9.26. The molecule has 0 spiro atoms. The molecule has 0 bridgehead atoms. The third-order valence-electron chi connectivity index (χ3n) is 3.93. The molecule has 1 atom stereocenters. The minimum Gasteiger partial charge on any atom is -0.813 e. The van der Waals surface area contributed by atoms with Crippen LogP contribution in [-0.2, 0) is 45.5 Å². The second-order valence-corrected chi connectivity index (χ2v) is 9.93. The summed E-state index contributed by atoms with van der Waals surface area (Å²) in [5.41, 5.74) is 6.24. The summed E-state index contributed by atoms with van der Waals surface area (Å²) in [5, 5.41) is 0. The second-order valence-electron chi connectivity index (χ2n) is 5.42. The largest absolute Gasteiger partial charge is 0.813 e. The van der Waals surface area contributed by atoms with Crippen molar-refractivity contribution in [1.29, 1.82) is 0 Å². The van der Waals surface area contributed by atoms with E-state index >= 15 is 0 Å². The van der Waals surface area contributed by atoms with Crippen LogP contribution in [0.4, 0.5) is 0 Å². The van der Waals surface area contributed by atoms with Gasteiger partial charge in [-0.3, -0.25) is 0 Å². The number of fused-ring (bicyclic) bond motifs is 4. The van der Waals surface area contributed by atoms with Gasteiger partial charge >= 0.3 is 37.9 Å². The third-order valence-corrected chi connectivity index (χ3v) is 4.35. The number of halogens is 3. The minimum atomic E-state index is -0.826. The molecule has 5 rings (SSSR count). The molecule has 2 aromatic carbocycles. The monoisotopic (exact) mass is 541 g/mol. The summed E-state index contributed by atoms with van der Waals surface area (Å²) >= 11 is 2.51. The summed E-state index contributed by atoms with van der Waals surface area (Å²) in [5.74, 6) is 0. The van der Waals surface area contributed by atoms with Crippen LogP contribution in [0.5, 0.6) is 0 Å². The topological polar surface area (TPSA) is 9.23 Å². The smallest absolute Gasteiger partial charge is 0.0528 e. The van der Waals surface area contributed by atoms with Crippen molar-refractivity contribution in [2.45, 2.75) is 12.5 Å². The van der Waals surface area contributed by atoms with Gasteiger partial charge in [0.15, 0.2) is 4.67 Å². The second kappa shape index (κ2) is 10.9. The molecule has 2 aromatic rings. The maximum Gasteiger partial charge on any atom is -0.0528 e. The fraction of sp³-hybridized carbons (Fsp3) is 0.100. The van der Waals surface area contributed by atoms with Gasteiger partial charge in [-0.05, 0) is 27.6 Å². The fourth-order valence-electron chi connectivity index (χ4n) is 2.89. The number of thiol groups is 1. The van der Waals surface area contributed by atoms with E-state index in [4.69, 9.17) is 21.8 Å². The molecule has 0 N–H and O–H groups in total. The van der Waals surface area contributed by atoms with Crippen molar-refractivity contribution < 1.29 is 25.6 Å². The molecule has 0 saturated carbocycles. The van der Waals surface area contributed by atoms with Gasteiger partial charge in [-0.15, -0.1) is 83.4 Å². The van der Waals surface area contributed by atoms with Gasteiger partial charge < -0.3 is 18.2 Å². The van der Waals surface area contributed by atoms with E-state index < -0.39 is 20.8 Å². The van der Waals surface area contributed by atoms with Crippen LogP contribution in [0, 0.1) is 12.1 Å². The Morgan fingerprint density at radius 2 is 1.77 bits per heavy atom. The summed E-state index contributed by atoms with van der Waals surface area (Å²) in [4.78, 5) is 0. The van der Waals surface area contributed by atoms with Crippen LogP contribution in [0.25, 0.3) is 12.2 Å².